The number of anilines is 1. The van der Waals surface area contributed by atoms with E-state index in [0.717, 1.165) is 34.6 Å². The molecule has 150 valence electrons. The van der Waals surface area contributed by atoms with Crippen molar-refractivity contribution in [1.82, 2.24) is 19.6 Å². The van der Waals surface area contributed by atoms with Gasteiger partial charge < -0.3 is 10.1 Å². The number of fused-ring (bicyclic) bond motifs is 2. The van der Waals surface area contributed by atoms with Crippen molar-refractivity contribution in [3.63, 3.8) is 0 Å². The third-order valence-electron chi connectivity index (χ3n) is 5.16. The summed E-state index contributed by atoms with van der Waals surface area (Å²) in [6.45, 7) is 6.10. The SMILES string of the molecule is Cc1ccc(-c2cc3c(cc2NC(=O)c2cnn4cccnc24)CC(C)(C)O3)nc1. The first-order valence-electron chi connectivity index (χ1n) is 9.78. The van der Waals surface area contributed by atoms with Crippen LogP contribution in [-0.4, -0.2) is 31.1 Å². The van der Waals surface area contributed by atoms with Crippen LogP contribution in [0.25, 0.3) is 16.9 Å². The van der Waals surface area contributed by atoms with Gasteiger partial charge >= 0.3 is 0 Å². The van der Waals surface area contributed by atoms with E-state index >= 15 is 0 Å². The Labute approximate surface area is 173 Å². The van der Waals surface area contributed by atoms with Crippen LogP contribution < -0.4 is 10.1 Å². The fourth-order valence-corrected chi connectivity index (χ4v) is 3.77. The van der Waals surface area contributed by atoms with Crippen LogP contribution in [0, 0.1) is 6.92 Å². The van der Waals surface area contributed by atoms with E-state index in [1.165, 1.54) is 6.20 Å². The van der Waals surface area contributed by atoms with Crippen LogP contribution in [0.2, 0.25) is 0 Å². The molecule has 0 saturated heterocycles. The molecule has 0 spiro atoms. The van der Waals surface area contributed by atoms with E-state index in [1.807, 2.05) is 37.4 Å². The van der Waals surface area contributed by atoms with Crippen molar-refractivity contribution in [2.75, 3.05) is 5.32 Å². The van der Waals surface area contributed by atoms with Gasteiger partial charge in [0, 0.05) is 36.1 Å². The molecule has 5 rings (SSSR count). The second-order valence-electron chi connectivity index (χ2n) is 8.17. The van der Waals surface area contributed by atoms with Crippen molar-refractivity contribution in [2.45, 2.75) is 32.8 Å². The predicted octanol–water partition coefficient (Wildman–Crippen LogP) is 4.07. The molecule has 4 heterocycles. The minimum atomic E-state index is -0.282. The molecule has 0 saturated carbocycles. The summed E-state index contributed by atoms with van der Waals surface area (Å²) >= 11 is 0. The van der Waals surface area contributed by atoms with Gasteiger partial charge in [0.15, 0.2) is 5.65 Å². The van der Waals surface area contributed by atoms with Crippen LogP contribution >= 0.6 is 0 Å². The molecule has 1 aromatic carbocycles. The summed E-state index contributed by atoms with van der Waals surface area (Å²) in [6, 6.07) is 9.67. The highest BCUT2D eigenvalue weighted by Gasteiger charge is 2.31. The van der Waals surface area contributed by atoms with Gasteiger partial charge in [-0.1, -0.05) is 6.07 Å². The summed E-state index contributed by atoms with van der Waals surface area (Å²) in [5.74, 6) is 0.559. The Balaban J connectivity index is 1.58. The number of ether oxygens (including phenoxy) is 1. The van der Waals surface area contributed by atoms with Crippen molar-refractivity contribution in [1.29, 1.82) is 0 Å². The van der Waals surface area contributed by atoms with Crippen LogP contribution in [-0.2, 0) is 6.42 Å². The number of benzene rings is 1. The number of aromatic nitrogens is 4. The highest BCUT2D eigenvalue weighted by molar-refractivity contribution is 6.09. The molecule has 0 radical (unpaired) electrons. The lowest BCUT2D eigenvalue weighted by Crippen LogP contribution is -2.24. The fourth-order valence-electron chi connectivity index (χ4n) is 3.77. The van der Waals surface area contributed by atoms with Crippen molar-refractivity contribution in [2.24, 2.45) is 0 Å². The maximum atomic E-state index is 13.1. The molecular weight excluding hydrogens is 378 g/mol. The Bertz CT molecular complexity index is 1270. The number of amides is 1. The second-order valence-corrected chi connectivity index (χ2v) is 8.17. The standard InChI is InChI=1S/C23H21N5O2/c1-14-5-6-18(25-12-14)16-10-20-15(11-23(2,3)30-20)9-19(16)27-22(29)17-13-26-28-8-4-7-24-21(17)28/h4-10,12-13H,11H2,1-3H3,(H,27,29). The van der Waals surface area contributed by atoms with E-state index in [2.05, 4.69) is 34.2 Å². The minimum Gasteiger partial charge on any atom is -0.487 e. The van der Waals surface area contributed by atoms with E-state index in [4.69, 9.17) is 4.74 Å². The van der Waals surface area contributed by atoms with Crippen LogP contribution in [0.15, 0.2) is 55.1 Å². The molecule has 1 N–H and O–H groups in total. The molecule has 1 aliphatic heterocycles. The quantitative estimate of drug-likeness (QED) is 0.562. The smallest absolute Gasteiger partial charge is 0.261 e. The second kappa shape index (κ2) is 6.66. The maximum Gasteiger partial charge on any atom is 0.261 e. The number of nitrogens with one attached hydrogen (secondary N) is 1. The molecule has 1 aliphatic rings. The lowest BCUT2D eigenvalue weighted by atomic mass is 9.98. The molecule has 0 aliphatic carbocycles. The van der Waals surface area contributed by atoms with Crippen molar-refractivity contribution >= 4 is 17.2 Å². The summed E-state index contributed by atoms with van der Waals surface area (Å²) in [4.78, 5) is 21.9. The van der Waals surface area contributed by atoms with E-state index in [0.29, 0.717) is 16.9 Å². The van der Waals surface area contributed by atoms with E-state index in [1.54, 1.807) is 23.0 Å². The average Bonchev–Trinajstić information content (AvgIpc) is 3.27. The van der Waals surface area contributed by atoms with E-state index in [9.17, 15) is 4.79 Å². The van der Waals surface area contributed by atoms with Gasteiger partial charge in [-0.3, -0.25) is 9.78 Å². The Hall–Kier alpha value is -3.74. The molecule has 0 unspecified atom stereocenters. The topological polar surface area (TPSA) is 81.4 Å². The van der Waals surface area contributed by atoms with Gasteiger partial charge in [-0.25, -0.2) is 9.50 Å². The fraction of sp³-hybridized carbons (Fsp3) is 0.217. The van der Waals surface area contributed by atoms with E-state index < -0.39 is 0 Å². The molecule has 7 heteroatoms. The van der Waals surface area contributed by atoms with Crippen molar-refractivity contribution < 1.29 is 9.53 Å². The Morgan fingerprint density at radius 3 is 2.87 bits per heavy atom. The Morgan fingerprint density at radius 2 is 2.07 bits per heavy atom. The molecule has 1 amide bonds. The predicted molar refractivity (Wildman–Crippen MR) is 114 cm³/mol. The molecule has 4 aromatic rings. The number of hydrogen-bond acceptors (Lipinski definition) is 5. The van der Waals surface area contributed by atoms with Crippen LogP contribution in [0.1, 0.15) is 35.3 Å². The number of carbonyl (C=O) groups excluding carboxylic acids is 1. The number of nitrogens with zero attached hydrogens (tertiary/aromatic N) is 4. The zero-order valence-corrected chi connectivity index (χ0v) is 17.0. The third kappa shape index (κ3) is 3.18. The van der Waals surface area contributed by atoms with Gasteiger partial charge in [-0.2, -0.15) is 5.10 Å². The van der Waals surface area contributed by atoms with Gasteiger partial charge in [0.1, 0.15) is 16.9 Å². The summed E-state index contributed by atoms with van der Waals surface area (Å²) in [5.41, 5.74) is 5.03. The Kier molecular flexibility index (Phi) is 4.06. The first-order chi connectivity index (χ1) is 14.4. The monoisotopic (exact) mass is 399 g/mol. The molecule has 3 aromatic heterocycles. The van der Waals surface area contributed by atoms with Crippen molar-refractivity contribution in [3.05, 3.63) is 71.8 Å². The highest BCUT2D eigenvalue weighted by atomic mass is 16.5. The highest BCUT2D eigenvalue weighted by Crippen LogP contribution is 2.41. The van der Waals surface area contributed by atoms with Crippen molar-refractivity contribution in [3.8, 4) is 17.0 Å². The van der Waals surface area contributed by atoms with Gasteiger partial charge in [0.2, 0.25) is 0 Å². The molecule has 30 heavy (non-hydrogen) atoms. The van der Waals surface area contributed by atoms with Gasteiger partial charge in [0.05, 0.1) is 17.6 Å². The van der Waals surface area contributed by atoms with Gasteiger partial charge in [-0.05, 0) is 50.6 Å². The van der Waals surface area contributed by atoms with E-state index in [-0.39, 0.29) is 11.5 Å². The lowest BCUT2D eigenvalue weighted by Gasteiger charge is -2.17. The lowest BCUT2D eigenvalue weighted by molar-refractivity contribution is 0.102. The van der Waals surface area contributed by atoms with Crippen LogP contribution in [0.5, 0.6) is 5.75 Å². The van der Waals surface area contributed by atoms with Crippen LogP contribution in [0.3, 0.4) is 0 Å². The summed E-state index contributed by atoms with van der Waals surface area (Å²) < 4.78 is 7.69. The first-order valence-corrected chi connectivity index (χ1v) is 9.78. The number of hydrogen-bond donors (Lipinski definition) is 1. The minimum absolute atomic E-state index is 0.268. The molecule has 0 bridgehead atoms. The molecule has 0 fully saturated rings. The number of carbonyl (C=O) groups is 1. The first kappa shape index (κ1) is 18.3. The number of rotatable bonds is 3. The zero-order valence-electron chi connectivity index (χ0n) is 17.0. The van der Waals surface area contributed by atoms with Gasteiger partial charge in [-0.15, -0.1) is 0 Å². The normalized spacial score (nSPS) is 14.4. The molecule has 7 nitrogen and oxygen atoms in total. The Morgan fingerprint density at radius 1 is 1.20 bits per heavy atom. The summed E-state index contributed by atoms with van der Waals surface area (Å²) in [5, 5.41) is 7.26. The summed E-state index contributed by atoms with van der Waals surface area (Å²) in [6.07, 6.45) is 7.51. The molecule has 0 atom stereocenters. The van der Waals surface area contributed by atoms with Gasteiger partial charge in [0.25, 0.3) is 5.91 Å². The largest absolute Gasteiger partial charge is 0.487 e. The number of pyridine rings is 1. The maximum absolute atomic E-state index is 13.1. The third-order valence-corrected chi connectivity index (χ3v) is 5.16. The zero-order chi connectivity index (χ0) is 20.9. The molecular formula is C23H21N5O2. The van der Waals surface area contributed by atoms with Crippen LogP contribution in [0.4, 0.5) is 5.69 Å². The average molecular weight is 399 g/mol. The summed E-state index contributed by atoms with van der Waals surface area (Å²) in [7, 11) is 0. The number of aryl methyl sites for hydroxylation is 1.